The predicted molar refractivity (Wildman–Crippen MR) is 62.6 cm³/mol. The molecule has 0 unspecified atom stereocenters. The number of nitrogens with zero attached hydrogens (tertiary/aromatic N) is 1. The van der Waals surface area contributed by atoms with Crippen molar-refractivity contribution in [3.63, 3.8) is 0 Å². The number of halogens is 3. The van der Waals surface area contributed by atoms with Gasteiger partial charge in [0.25, 0.3) is 10.2 Å². The molecule has 0 fully saturated rings. The van der Waals surface area contributed by atoms with E-state index in [1.54, 1.807) is 6.20 Å². The monoisotopic (exact) mass is 300 g/mol. The fourth-order valence-electron chi connectivity index (χ4n) is 1.34. The Labute approximate surface area is 109 Å². The van der Waals surface area contributed by atoms with E-state index in [1.807, 2.05) is 11.6 Å². The maximum absolute atomic E-state index is 11.8. The van der Waals surface area contributed by atoms with Crippen LogP contribution in [-0.2, 0) is 16.6 Å². The van der Waals surface area contributed by atoms with Crippen LogP contribution in [0.15, 0.2) is 6.20 Å². The average molecular weight is 300 g/mol. The zero-order valence-electron chi connectivity index (χ0n) is 10.2. The van der Waals surface area contributed by atoms with Crippen LogP contribution in [0.2, 0.25) is 0 Å². The van der Waals surface area contributed by atoms with E-state index >= 15 is 0 Å². The van der Waals surface area contributed by atoms with Gasteiger partial charge in [-0.25, -0.2) is 4.72 Å². The molecule has 1 rings (SSSR count). The van der Waals surface area contributed by atoms with E-state index in [9.17, 15) is 21.6 Å². The summed E-state index contributed by atoms with van der Waals surface area (Å²) in [6.07, 6.45) is -1.88. The molecule has 0 bridgehead atoms. The lowest BCUT2D eigenvalue weighted by atomic mass is 10.1. The molecule has 1 aromatic heterocycles. The highest BCUT2D eigenvalue weighted by Crippen LogP contribution is 2.12. The van der Waals surface area contributed by atoms with Crippen molar-refractivity contribution in [1.82, 2.24) is 19.6 Å². The zero-order chi connectivity index (χ0) is 14.5. The van der Waals surface area contributed by atoms with E-state index in [2.05, 4.69) is 10.2 Å². The van der Waals surface area contributed by atoms with Crippen molar-refractivity contribution in [1.29, 1.82) is 0 Å². The Morgan fingerprint density at radius 1 is 1.37 bits per heavy atom. The quantitative estimate of drug-likeness (QED) is 0.646. The molecule has 0 spiro atoms. The minimum atomic E-state index is -4.57. The first-order valence-electron chi connectivity index (χ1n) is 5.49. The van der Waals surface area contributed by atoms with E-state index in [-0.39, 0.29) is 6.54 Å². The van der Waals surface area contributed by atoms with Gasteiger partial charge in [-0.05, 0) is 25.3 Å². The second kappa shape index (κ2) is 6.35. The number of aromatic amines is 1. The highest BCUT2D eigenvalue weighted by Gasteiger charge is 2.29. The molecule has 0 amide bonds. The molecule has 1 aromatic rings. The lowest BCUT2D eigenvalue weighted by Crippen LogP contribution is -2.41. The number of hydrogen-bond donors (Lipinski definition) is 3. The van der Waals surface area contributed by atoms with Crippen molar-refractivity contribution < 1.29 is 21.6 Å². The van der Waals surface area contributed by atoms with Crippen molar-refractivity contribution in [3.8, 4) is 0 Å². The molecule has 0 radical (unpaired) electrons. The molecule has 19 heavy (non-hydrogen) atoms. The second-order valence-corrected chi connectivity index (χ2v) is 5.54. The Hall–Kier alpha value is -1.13. The minimum Gasteiger partial charge on any atom is -0.283 e. The molecule has 110 valence electrons. The second-order valence-electron chi connectivity index (χ2n) is 3.96. The van der Waals surface area contributed by atoms with Gasteiger partial charge in [-0.15, -0.1) is 0 Å². The SMILES string of the molecule is Cc1[nH]ncc1CCCNS(=O)(=O)NCC(F)(F)F. The van der Waals surface area contributed by atoms with Crippen LogP contribution in [0.5, 0.6) is 0 Å². The summed E-state index contributed by atoms with van der Waals surface area (Å²) < 4.78 is 61.3. The van der Waals surface area contributed by atoms with Crippen LogP contribution < -0.4 is 9.44 Å². The molecular formula is C9H15F3N4O2S. The number of aromatic nitrogens is 2. The van der Waals surface area contributed by atoms with Crippen LogP contribution in [0.1, 0.15) is 17.7 Å². The molecule has 0 saturated heterocycles. The van der Waals surface area contributed by atoms with Gasteiger partial charge in [0.05, 0.1) is 6.20 Å². The van der Waals surface area contributed by atoms with Crippen molar-refractivity contribution in [2.75, 3.05) is 13.1 Å². The number of rotatable bonds is 7. The van der Waals surface area contributed by atoms with Crippen LogP contribution in [0, 0.1) is 6.92 Å². The molecule has 1 heterocycles. The van der Waals surface area contributed by atoms with Crippen molar-refractivity contribution in [2.24, 2.45) is 0 Å². The van der Waals surface area contributed by atoms with Crippen molar-refractivity contribution >= 4 is 10.2 Å². The molecule has 0 atom stereocenters. The third-order valence-electron chi connectivity index (χ3n) is 2.31. The standard InChI is InChI=1S/C9H15F3N4O2S/c1-7-8(5-13-16-7)3-2-4-14-19(17,18)15-6-9(10,11)12/h5,14-15H,2-4,6H2,1H3,(H,13,16). The largest absolute Gasteiger partial charge is 0.402 e. The molecule has 0 aliphatic rings. The number of hydrogen-bond acceptors (Lipinski definition) is 3. The van der Waals surface area contributed by atoms with E-state index in [1.165, 1.54) is 4.72 Å². The summed E-state index contributed by atoms with van der Waals surface area (Å²) in [5, 5.41) is 6.54. The third kappa shape index (κ3) is 6.55. The molecule has 10 heteroatoms. The fourth-order valence-corrected chi connectivity index (χ4v) is 2.21. The van der Waals surface area contributed by atoms with Gasteiger partial charge < -0.3 is 0 Å². The summed E-state index contributed by atoms with van der Waals surface area (Å²) in [5.41, 5.74) is 1.83. The molecule has 0 aromatic carbocycles. The highest BCUT2D eigenvalue weighted by atomic mass is 32.2. The first-order valence-corrected chi connectivity index (χ1v) is 6.98. The summed E-state index contributed by atoms with van der Waals surface area (Å²) in [6.45, 7) is 0.304. The molecule has 0 saturated carbocycles. The Bertz CT molecular complexity index is 498. The summed E-state index contributed by atoms with van der Waals surface area (Å²) in [7, 11) is -4.11. The van der Waals surface area contributed by atoms with Crippen LogP contribution in [0.4, 0.5) is 13.2 Å². The first-order chi connectivity index (χ1) is 8.70. The van der Waals surface area contributed by atoms with Crippen LogP contribution >= 0.6 is 0 Å². The first kappa shape index (κ1) is 15.9. The Balaban J connectivity index is 2.27. The number of nitrogens with one attached hydrogen (secondary N) is 3. The Morgan fingerprint density at radius 2 is 2.05 bits per heavy atom. The third-order valence-corrected chi connectivity index (χ3v) is 3.42. The van der Waals surface area contributed by atoms with Gasteiger partial charge in [-0.1, -0.05) is 0 Å². The van der Waals surface area contributed by atoms with Gasteiger partial charge in [-0.3, -0.25) is 5.10 Å². The van der Waals surface area contributed by atoms with Crippen LogP contribution in [-0.4, -0.2) is 37.9 Å². The van der Waals surface area contributed by atoms with Gasteiger partial charge in [-0.2, -0.15) is 31.4 Å². The van der Waals surface area contributed by atoms with Gasteiger partial charge in [0.2, 0.25) is 0 Å². The number of alkyl halides is 3. The van der Waals surface area contributed by atoms with Gasteiger partial charge in [0.15, 0.2) is 0 Å². The summed E-state index contributed by atoms with van der Waals surface area (Å²) in [5.74, 6) is 0. The van der Waals surface area contributed by atoms with E-state index < -0.39 is 22.9 Å². The maximum Gasteiger partial charge on any atom is 0.402 e. The highest BCUT2D eigenvalue weighted by molar-refractivity contribution is 7.87. The van der Waals surface area contributed by atoms with Gasteiger partial charge in [0.1, 0.15) is 6.54 Å². The smallest absolute Gasteiger partial charge is 0.283 e. The molecule has 6 nitrogen and oxygen atoms in total. The summed E-state index contributed by atoms with van der Waals surface area (Å²) >= 11 is 0. The molecule has 0 aliphatic carbocycles. The zero-order valence-corrected chi connectivity index (χ0v) is 11.0. The lowest BCUT2D eigenvalue weighted by Gasteiger charge is -2.10. The van der Waals surface area contributed by atoms with Crippen LogP contribution in [0.25, 0.3) is 0 Å². The predicted octanol–water partition coefficient (Wildman–Crippen LogP) is 0.637. The lowest BCUT2D eigenvalue weighted by molar-refractivity contribution is -0.121. The van der Waals surface area contributed by atoms with E-state index in [4.69, 9.17) is 0 Å². The van der Waals surface area contributed by atoms with Gasteiger partial charge >= 0.3 is 6.18 Å². The average Bonchev–Trinajstić information content (AvgIpc) is 2.67. The van der Waals surface area contributed by atoms with Crippen LogP contribution in [0.3, 0.4) is 0 Å². The van der Waals surface area contributed by atoms with Crippen molar-refractivity contribution in [3.05, 3.63) is 17.5 Å². The van der Waals surface area contributed by atoms with E-state index in [0.29, 0.717) is 12.8 Å². The number of aryl methyl sites for hydroxylation is 2. The topological polar surface area (TPSA) is 86.9 Å². The fraction of sp³-hybridized carbons (Fsp3) is 0.667. The summed E-state index contributed by atoms with van der Waals surface area (Å²) in [6, 6.07) is 0. The normalized spacial score (nSPS) is 12.8. The maximum atomic E-state index is 11.8. The molecule has 3 N–H and O–H groups in total. The molecular weight excluding hydrogens is 285 g/mol. The number of H-pyrrole nitrogens is 1. The Kier molecular flexibility index (Phi) is 5.32. The molecule has 0 aliphatic heterocycles. The minimum absolute atomic E-state index is 0.0534. The Morgan fingerprint density at radius 3 is 2.58 bits per heavy atom. The van der Waals surface area contributed by atoms with Gasteiger partial charge in [0, 0.05) is 12.2 Å². The van der Waals surface area contributed by atoms with Crippen molar-refractivity contribution in [2.45, 2.75) is 25.9 Å². The van der Waals surface area contributed by atoms with E-state index in [0.717, 1.165) is 11.3 Å². The summed E-state index contributed by atoms with van der Waals surface area (Å²) in [4.78, 5) is 0.